The first-order valence-corrected chi connectivity index (χ1v) is 9.33. The van der Waals surface area contributed by atoms with Crippen molar-refractivity contribution in [3.63, 3.8) is 0 Å². The van der Waals surface area contributed by atoms with E-state index in [0.29, 0.717) is 0 Å². The number of carbonyl (C=O) groups excluding carboxylic acids is 2. The maximum absolute atomic E-state index is 12.3. The number of fused-ring (bicyclic) bond motifs is 1. The third kappa shape index (κ3) is 3.75. The highest BCUT2D eigenvalue weighted by Gasteiger charge is 2.22. The van der Waals surface area contributed by atoms with Crippen LogP contribution in [0.3, 0.4) is 0 Å². The van der Waals surface area contributed by atoms with Crippen LogP contribution >= 0.6 is 11.3 Å². The number of thiophene rings is 1. The molecule has 0 fully saturated rings. The lowest BCUT2D eigenvalue weighted by Crippen LogP contribution is -2.31. The third-order valence-electron chi connectivity index (χ3n) is 4.63. The van der Waals surface area contributed by atoms with Gasteiger partial charge in [-0.25, -0.2) is 0 Å². The largest absolute Gasteiger partial charge is 0.349 e. The van der Waals surface area contributed by atoms with E-state index in [0.717, 1.165) is 34.6 Å². The van der Waals surface area contributed by atoms with Gasteiger partial charge in [-0.2, -0.15) is 0 Å². The van der Waals surface area contributed by atoms with Crippen molar-refractivity contribution < 1.29 is 9.59 Å². The van der Waals surface area contributed by atoms with Gasteiger partial charge in [-0.3, -0.25) is 9.59 Å². The van der Waals surface area contributed by atoms with Crippen LogP contribution < -0.4 is 5.32 Å². The second-order valence-electron chi connectivity index (χ2n) is 6.46. The number of aryl methyl sites for hydroxylation is 3. The average molecular weight is 341 g/mol. The number of rotatable bonds is 5. The quantitative estimate of drug-likeness (QED) is 0.813. The normalized spacial score (nSPS) is 16.5. The van der Waals surface area contributed by atoms with E-state index in [2.05, 4.69) is 17.4 Å². The Hall–Kier alpha value is -1.94. The average Bonchev–Trinajstić information content (AvgIpc) is 2.91. The first-order valence-electron chi connectivity index (χ1n) is 8.52. The van der Waals surface area contributed by atoms with Gasteiger partial charge in [0.25, 0.3) is 0 Å². The van der Waals surface area contributed by atoms with E-state index in [4.69, 9.17) is 0 Å². The maximum atomic E-state index is 12.3. The molecule has 2 aromatic rings. The first-order chi connectivity index (χ1) is 11.5. The molecule has 126 valence electrons. The number of nitrogens with one attached hydrogen (secondary N) is 1. The molecule has 1 aliphatic carbocycles. The Morgan fingerprint density at radius 3 is 2.75 bits per heavy atom. The molecule has 0 spiro atoms. The molecule has 0 bridgehead atoms. The molecule has 1 heterocycles. The lowest BCUT2D eigenvalue weighted by molar-refractivity contribution is -0.121. The number of carbonyl (C=O) groups is 2. The molecular weight excluding hydrogens is 318 g/mol. The highest BCUT2D eigenvalue weighted by atomic mass is 32.1. The van der Waals surface area contributed by atoms with Gasteiger partial charge in [0, 0.05) is 28.2 Å². The van der Waals surface area contributed by atoms with Crippen LogP contribution in [0.4, 0.5) is 0 Å². The summed E-state index contributed by atoms with van der Waals surface area (Å²) < 4.78 is 0. The lowest BCUT2D eigenvalue weighted by atomic mass is 9.87. The molecule has 1 amide bonds. The molecule has 0 radical (unpaired) electrons. The van der Waals surface area contributed by atoms with Crippen LogP contribution in [0.5, 0.6) is 0 Å². The summed E-state index contributed by atoms with van der Waals surface area (Å²) >= 11 is 1.63. The van der Waals surface area contributed by atoms with Gasteiger partial charge in [0.2, 0.25) is 5.91 Å². The fourth-order valence-electron chi connectivity index (χ4n) is 3.44. The molecule has 4 heteroatoms. The van der Waals surface area contributed by atoms with Crippen molar-refractivity contribution in [3.05, 3.63) is 56.8 Å². The number of Topliss-reactive ketones (excluding diaryl/α,β-unsaturated/α-hetero) is 1. The van der Waals surface area contributed by atoms with Crippen molar-refractivity contribution in [3.8, 4) is 0 Å². The minimum Gasteiger partial charge on any atom is -0.349 e. The number of ketones is 1. The van der Waals surface area contributed by atoms with Crippen LogP contribution in [0.1, 0.15) is 63.0 Å². The SMILES string of the molecule is Cc1cc(C(=O)CCC(=O)NC2CCCc3ccccc32)c(C)s1. The summed E-state index contributed by atoms with van der Waals surface area (Å²) in [6, 6.07) is 10.3. The van der Waals surface area contributed by atoms with Crippen LogP contribution in [-0.2, 0) is 11.2 Å². The van der Waals surface area contributed by atoms with Crippen LogP contribution in [0.2, 0.25) is 0 Å². The van der Waals surface area contributed by atoms with E-state index in [9.17, 15) is 9.59 Å². The highest BCUT2D eigenvalue weighted by Crippen LogP contribution is 2.29. The summed E-state index contributed by atoms with van der Waals surface area (Å²) in [4.78, 5) is 26.8. The van der Waals surface area contributed by atoms with Crippen LogP contribution in [-0.4, -0.2) is 11.7 Å². The van der Waals surface area contributed by atoms with E-state index in [-0.39, 0.29) is 30.6 Å². The summed E-state index contributed by atoms with van der Waals surface area (Å²) in [5, 5.41) is 3.11. The van der Waals surface area contributed by atoms with Crippen LogP contribution in [0.15, 0.2) is 30.3 Å². The van der Waals surface area contributed by atoms with Gasteiger partial charge in [-0.1, -0.05) is 24.3 Å². The number of benzene rings is 1. The summed E-state index contributed by atoms with van der Waals surface area (Å²) in [6.07, 6.45) is 3.68. The third-order valence-corrected chi connectivity index (χ3v) is 5.59. The standard InChI is InChI=1S/C20H23NO2S/c1-13-12-17(14(2)24-13)19(22)10-11-20(23)21-18-9-5-7-15-6-3-4-8-16(15)18/h3-4,6,8,12,18H,5,7,9-11H2,1-2H3,(H,21,23). The van der Waals surface area contributed by atoms with Crippen molar-refractivity contribution in [2.45, 2.75) is 52.0 Å². The number of hydrogen-bond donors (Lipinski definition) is 1. The molecule has 1 aliphatic rings. The second-order valence-corrected chi connectivity index (χ2v) is 7.92. The van der Waals surface area contributed by atoms with Gasteiger partial charge in [0.1, 0.15) is 0 Å². The Morgan fingerprint density at radius 2 is 2.00 bits per heavy atom. The van der Waals surface area contributed by atoms with Crippen molar-refractivity contribution in [1.82, 2.24) is 5.32 Å². The zero-order valence-electron chi connectivity index (χ0n) is 14.2. The second kappa shape index (κ2) is 7.31. The van der Waals surface area contributed by atoms with E-state index in [1.165, 1.54) is 11.1 Å². The predicted molar refractivity (Wildman–Crippen MR) is 97.6 cm³/mol. The van der Waals surface area contributed by atoms with E-state index in [1.807, 2.05) is 32.0 Å². The molecular formula is C20H23NO2S. The van der Waals surface area contributed by atoms with Crippen molar-refractivity contribution in [1.29, 1.82) is 0 Å². The summed E-state index contributed by atoms with van der Waals surface area (Å²) in [7, 11) is 0. The topological polar surface area (TPSA) is 46.2 Å². The number of amides is 1. The van der Waals surface area contributed by atoms with E-state index < -0.39 is 0 Å². The Bertz CT molecular complexity index is 763. The molecule has 0 saturated heterocycles. The predicted octanol–water partition coefficient (Wildman–Crippen LogP) is 4.52. The van der Waals surface area contributed by atoms with Gasteiger partial charge in [-0.05, 0) is 50.3 Å². The molecule has 1 atom stereocenters. The molecule has 1 aromatic carbocycles. The van der Waals surface area contributed by atoms with Crippen molar-refractivity contribution in [2.24, 2.45) is 0 Å². The minimum absolute atomic E-state index is 0.0327. The Balaban J connectivity index is 1.57. The summed E-state index contributed by atoms with van der Waals surface area (Å²) in [6.45, 7) is 3.96. The summed E-state index contributed by atoms with van der Waals surface area (Å²) in [5.41, 5.74) is 3.33. The zero-order chi connectivity index (χ0) is 17.1. The fourth-order valence-corrected chi connectivity index (χ4v) is 4.38. The van der Waals surface area contributed by atoms with Gasteiger partial charge in [0.05, 0.1) is 6.04 Å². The molecule has 1 unspecified atom stereocenters. The minimum atomic E-state index is -0.0327. The van der Waals surface area contributed by atoms with Crippen LogP contribution in [0.25, 0.3) is 0 Å². The molecule has 1 aromatic heterocycles. The molecule has 0 saturated carbocycles. The molecule has 3 rings (SSSR count). The van der Waals surface area contributed by atoms with Gasteiger partial charge in [0.15, 0.2) is 5.78 Å². The Kier molecular flexibility index (Phi) is 5.14. The van der Waals surface area contributed by atoms with Gasteiger partial charge < -0.3 is 5.32 Å². The lowest BCUT2D eigenvalue weighted by Gasteiger charge is -2.26. The molecule has 0 aliphatic heterocycles. The molecule has 3 nitrogen and oxygen atoms in total. The smallest absolute Gasteiger partial charge is 0.220 e. The molecule has 24 heavy (non-hydrogen) atoms. The van der Waals surface area contributed by atoms with Crippen molar-refractivity contribution >= 4 is 23.0 Å². The van der Waals surface area contributed by atoms with Crippen LogP contribution in [0, 0.1) is 13.8 Å². The van der Waals surface area contributed by atoms with Crippen molar-refractivity contribution in [2.75, 3.05) is 0 Å². The number of hydrogen-bond acceptors (Lipinski definition) is 3. The summed E-state index contributed by atoms with van der Waals surface area (Å²) in [5.74, 6) is 0.0331. The van der Waals surface area contributed by atoms with E-state index >= 15 is 0 Å². The zero-order valence-corrected chi connectivity index (χ0v) is 15.0. The Morgan fingerprint density at radius 1 is 1.21 bits per heavy atom. The highest BCUT2D eigenvalue weighted by molar-refractivity contribution is 7.12. The van der Waals surface area contributed by atoms with E-state index in [1.54, 1.807) is 11.3 Å². The fraction of sp³-hybridized carbons (Fsp3) is 0.400. The molecule has 1 N–H and O–H groups in total. The van der Waals surface area contributed by atoms with Gasteiger partial charge in [-0.15, -0.1) is 11.3 Å². The monoisotopic (exact) mass is 341 g/mol. The first kappa shape index (κ1) is 16.9. The Labute approximate surface area is 147 Å². The maximum Gasteiger partial charge on any atom is 0.220 e. The van der Waals surface area contributed by atoms with Gasteiger partial charge >= 0.3 is 0 Å².